The molecule has 1 saturated carbocycles. The average molecular weight is 415 g/mol. The van der Waals surface area contributed by atoms with Crippen molar-refractivity contribution in [3.8, 4) is 11.1 Å². The molecule has 2 nitrogen and oxygen atoms in total. The molecule has 0 heterocycles. The van der Waals surface area contributed by atoms with E-state index >= 15 is 4.39 Å². The number of carboxylic acid groups (broad SMARTS) is 1. The van der Waals surface area contributed by atoms with Crippen LogP contribution in [0.2, 0.25) is 0 Å². The van der Waals surface area contributed by atoms with E-state index < -0.39 is 11.8 Å². The molecule has 4 heteroatoms. The molecule has 0 bridgehead atoms. The lowest BCUT2D eigenvalue weighted by atomic mass is 9.74. The Morgan fingerprint density at radius 1 is 0.933 bits per heavy atom. The molecule has 0 radical (unpaired) electrons. The zero-order chi connectivity index (χ0) is 21.5. The molecule has 1 aliphatic rings. The van der Waals surface area contributed by atoms with Crippen molar-refractivity contribution >= 4 is 5.97 Å². The zero-order valence-corrected chi connectivity index (χ0v) is 17.8. The maximum absolute atomic E-state index is 15.3. The van der Waals surface area contributed by atoms with Gasteiger partial charge in [0.25, 0.3) is 0 Å². The molecule has 0 atom stereocenters. The van der Waals surface area contributed by atoms with Crippen LogP contribution in [-0.4, -0.2) is 11.1 Å². The Morgan fingerprint density at radius 3 is 2.23 bits per heavy atom. The van der Waals surface area contributed by atoms with Gasteiger partial charge in [-0.3, -0.25) is 0 Å². The molecular formula is C26H32F2O2. The summed E-state index contributed by atoms with van der Waals surface area (Å²) < 4.78 is 28.7. The van der Waals surface area contributed by atoms with Gasteiger partial charge >= 0.3 is 5.97 Å². The van der Waals surface area contributed by atoms with Crippen molar-refractivity contribution in [1.82, 2.24) is 0 Å². The van der Waals surface area contributed by atoms with Crippen LogP contribution in [0.4, 0.5) is 8.78 Å². The third kappa shape index (κ3) is 5.47. The van der Waals surface area contributed by atoms with E-state index in [4.69, 9.17) is 0 Å². The number of hydrogen-bond donors (Lipinski definition) is 1. The first-order valence-electron chi connectivity index (χ1n) is 11.3. The van der Waals surface area contributed by atoms with Crippen LogP contribution in [0.25, 0.3) is 11.1 Å². The average Bonchev–Trinajstić information content (AvgIpc) is 2.74. The highest BCUT2D eigenvalue weighted by Gasteiger charge is 2.29. The molecule has 2 aromatic rings. The summed E-state index contributed by atoms with van der Waals surface area (Å²) in [4.78, 5) is 11.5. The molecule has 162 valence electrons. The summed E-state index contributed by atoms with van der Waals surface area (Å²) in [6, 6.07) is 8.98. The molecule has 1 fully saturated rings. The second kappa shape index (κ2) is 10.7. The summed E-state index contributed by atoms with van der Waals surface area (Å²) >= 11 is 0. The maximum Gasteiger partial charge on any atom is 0.338 e. The van der Waals surface area contributed by atoms with Gasteiger partial charge in [-0.2, -0.15) is 0 Å². The molecule has 2 aromatic carbocycles. The van der Waals surface area contributed by atoms with Gasteiger partial charge in [-0.25, -0.2) is 13.6 Å². The van der Waals surface area contributed by atoms with Gasteiger partial charge in [0, 0.05) is 0 Å². The van der Waals surface area contributed by atoms with E-state index in [2.05, 4.69) is 6.92 Å². The van der Waals surface area contributed by atoms with Crippen molar-refractivity contribution in [2.75, 3.05) is 0 Å². The van der Waals surface area contributed by atoms with Crippen LogP contribution in [0.3, 0.4) is 0 Å². The third-order valence-electron chi connectivity index (χ3n) is 6.54. The molecule has 0 unspecified atom stereocenters. The van der Waals surface area contributed by atoms with Crippen molar-refractivity contribution in [2.45, 2.75) is 77.0 Å². The van der Waals surface area contributed by atoms with Crippen LogP contribution in [-0.2, 0) is 0 Å². The summed E-state index contributed by atoms with van der Waals surface area (Å²) in [7, 11) is 0. The number of carbonyl (C=O) groups is 1. The number of aromatic carboxylic acids is 1. The van der Waals surface area contributed by atoms with E-state index in [9.17, 15) is 14.3 Å². The molecule has 0 spiro atoms. The number of carboxylic acids is 1. The molecular weight excluding hydrogens is 382 g/mol. The standard InChI is InChI=1S/C26H32F2O2/c1-2-3-4-5-6-7-18-8-10-20(11-9-18)24-22(19-12-14-21(27)15-13-19)16-17-23(25(24)28)26(29)30/h12-18,20H,2-11H2,1H3,(H,29,30)/t18-,20-. The second-order valence-corrected chi connectivity index (χ2v) is 8.62. The Morgan fingerprint density at radius 2 is 1.60 bits per heavy atom. The largest absolute Gasteiger partial charge is 0.478 e. The quantitative estimate of drug-likeness (QED) is 0.423. The summed E-state index contributed by atoms with van der Waals surface area (Å²) in [5.41, 5.74) is 1.61. The van der Waals surface area contributed by atoms with E-state index in [1.165, 1.54) is 56.7 Å². The number of rotatable bonds is 9. The fourth-order valence-corrected chi connectivity index (χ4v) is 4.81. The molecule has 1 N–H and O–H groups in total. The van der Waals surface area contributed by atoms with Gasteiger partial charge < -0.3 is 5.11 Å². The van der Waals surface area contributed by atoms with Crippen molar-refractivity contribution < 1.29 is 18.7 Å². The first-order valence-corrected chi connectivity index (χ1v) is 11.3. The van der Waals surface area contributed by atoms with E-state index in [-0.39, 0.29) is 17.3 Å². The molecule has 1 aliphatic carbocycles. The predicted octanol–water partition coefficient (Wildman–Crippen LogP) is 7.96. The van der Waals surface area contributed by atoms with Gasteiger partial charge in [-0.05, 0) is 72.4 Å². The van der Waals surface area contributed by atoms with Gasteiger partial charge in [-0.15, -0.1) is 0 Å². The molecule has 0 saturated heterocycles. The van der Waals surface area contributed by atoms with Gasteiger partial charge in [0.15, 0.2) is 0 Å². The lowest BCUT2D eigenvalue weighted by Gasteiger charge is -2.30. The summed E-state index contributed by atoms with van der Waals surface area (Å²) in [6.45, 7) is 2.22. The Hall–Kier alpha value is -2.23. The summed E-state index contributed by atoms with van der Waals surface area (Å²) in [5, 5.41) is 9.40. The molecule has 3 rings (SSSR count). The van der Waals surface area contributed by atoms with Crippen LogP contribution in [0, 0.1) is 17.6 Å². The molecule has 0 aromatic heterocycles. The number of halogens is 2. The SMILES string of the molecule is CCCCCCC[C@H]1CC[C@H](c2c(-c3ccc(F)cc3)ccc(C(=O)O)c2F)CC1. The monoisotopic (exact) mass is 414 g/mol. The Kier molecular flexibility index (Phi) is 8.01. The number of benzene rings is 2. The maximum atomic E-state index is 15.3. The van der Waals surface area contributed by atoms with Crippen LogP contribution >= 0.6 is 0 Å². The summed E-state index contributed by atoms with van der Waals surface area (Å²) in [6.07, 6.45) is 11.5. The second-order valence-electron chi connectivity index (χ2n) is 8.62. The third-order valence-corrected chi connectivity index (χ3v) is 6.54. The first-order chi connectivity index (χ1) is 14.5. The molecule has 30 heavy (non-hydrogen) atoms. The Balaban J connectivity index is 1.76. The van der Waals surface area contributed by atoms with Gasteiger partial charge in [-0.1, -0.05) is 63.6 Å². The van der Waals surface area contributed by atoms with Crippen molar-refractivity contribution in [1.29, 1.82) is 0 Å². The van der Waals surface area contributed by atoms with E-state index in [1.807, 2.05) is 0 Å². The normalized spacial score (nSPS) is 19.0. The lowest BCUT2D eigenvalue weighted by molar-refractivity contribution is 0.0691. The van der Waals surface area contributed by atoms with Crippen molar-refractivity contribution in [3.05, 3.63) is 59.2 Å². The summed E-state index contributed by atoms with van der Waals surface area (Å²) in [5.74, 6) is -1.54. The fourth-order valence-electron chi connectivity index (χ4n) is 4.81. The van der Waals surface area contributed by atoms with Crippen LogP contribution in [0.15, 0.2) is 36.4 Å². The van der Waals surface area contributed by atoms with E-state index in [0.29, 0.717) is 17.0 Å². The predicted molar refractivity (Wildman–Crippen MR) is 117 cm³/mol. The topological polar surface area (TPSA) is 37.3 Å². The van der Waals surface area contributed by atoms with Crippen molar-refractivity contribution in [2.24, 2.45) is 5.92 Å². The van der Waals surface area contributed by atoms with Crippen LogP contribution in [0.1, 0.15) is 93.0 Å². The highest BCUT2D eigenvalue weighted by Crippen LogP contribution is 2.43. The smallest absolute Gasteiger partial charge is 0.338 e. The Bertz CT molecular complexity index is 837. The van der Waals surface area contributed by atoms with Crippen molar-refractivity contribution in [3.63, 3.8) is 0 Å². The van der Waals surface area contributed by atoms with Gasteiger partial charge in [0.2, 0.25) is 0 Å². The van der Waals surface area contributed by atoms with E-state index in [1.54, 1.807) is 18.2 Å². The zero-order valence-electron chi connectivity index (χ0n) is 17.8. The molecule has 0 aliphatic heterocycles. The minimum atomic E-state index is -1.25. The first kappa shape index (κ1) is 22.5. The fraction of sp³-hybridized carbons (Fsp3) is 0.500. The minimum absolute atomic E-state index is 0.000643. The highest BCUT2D eigenvalue weighted by atomic mass is 19.1. The Labute approximate surface area is 178 Å². The van der Waals surface area contributed by atoms with Gasteiger partial charge in [0.05, 0.1) is 5.56 Å². The van der Waals surface area contributed by atoms with Crippen LogP contribution in [0.5, 0.6) is 0 Å². The van der Waals surface area contributed by atoms with Crippen LogP contribution < -0.4 is 0 Å². The van der Waals surface area contributed by atoms with E-state index in [0.717, 1.165) is 31.2 Å². The number of hydrogen-bond acceptors (Lipinski definition) is 1. The lowest BCUT2D eigenvalue weighted by Crippen LogP contribution is -2.16. The molecule has 0 amide bonds. The highest BCUT2D eigenvalue weighted by molar-refractivity contribution is 5.89. The number of unbranched alkanes of at least 4 members (excludes halogenated alkanes) is 4. The van der Waals surface area contributed by atoms with Gasteiger partial charge in [0.1, 0.15) is 11.6 Å². The minimum Gasteiger partial charge on any atom is -0.478 e.